The highest BCUT2D eigenvalue weighted by Gasteiger charge is 2.15. The van der Waals surface area contributed by atoms with Crippen LogP contribution in [0.1, 0.15) is 23.2 Å². The molecule has 0 spiro atoms. The summed E-state index contributed by atoms with van der Waals surface area (Å²) in [4.78, 5) is 17.1. The lowest BCUT2D eigenvalue weighted by atomic mass is 9.96. The molecule has 32 heavy (non-hydrogen) atoms. The molecule has 0 unspecified atom stereocenters. The van der Waals surface area contributed by atoms with Crippen LogP contribution < -0.4 is 0 Å². The van der Waals surface area contributed by atoms with Gasteiger partial charge in [0.15, 0.2) is 0 Å². The van der Waals surface area contributed by atoms with E-state index in [0.717, 1.165) is 38.6 Å². The molecule has 0 aliphatic heterocycles. The van der Waals surface area contributed by atoms with Crippen LogP contribution in [0.2, 0.25) is 0 Å². The summed E-state index contributed by atoms with van der Waals surface area (Å²) in [6.45, 7) is 4.09. The molecule has 0 amide bonds. The lowest BCUT2D eigenvalue weighted by molar-refractivity contribution is -0.137. The first-order chi connectivity index (χ1) is 15.6. The second kappa shape index (κ2) is 9.46. The SMILES string of the molecule is CCOC(=O)C=Cc1scc(-c2ccc(-n3ccnc3C)cc2)c1-c1ccc(C#N)cc1. The number of carbonyl (C=O) groups is 1. The summed E-state index contributed by atoms with van der Waals surface area (Å²) in [6, 6.07) is 18.0. The Balaban J connectivity index is 1.77. The van der Waals surface area contributed by atoms with Crippen molar-refractivity contribution in [2.45, 2.75) is 13.8 Å². The number of hydrogen-bond donors (Lipinski definition) is 0. The molecule has 2 heterocycles. The van der Waals surface area contributed by atoms with Crippen molar-refractivity contribution in [3.8, 4) is 34.0 Å². The number of nitrogens with zero attached hydrogens (tertiary/aromatic N) is 3. The van der Waals surface area contributed by atoms with Crippen molar-refractivity contribution < 1.29 is 9.53 Å². The number of rotatable bonds is 6. The molecule has 0 fully saturated rings. The van der Waals surface area contributed by atoms with Gasteiger partial charge in [0.25, 0.3) is 0 Å². The number of hydrogen-bond acceptors (Lipinski definition) is 5. The van der Waals surface area contributed by atoms with Crippen molar-refractivity contribution in [3.63, 3.8) is 0 Å². The molecule has 0 N–H and O–H groups in total. The van der Waals surface area contributed by atoms with Crippen molar-refractivity contribution >= 4 is 23.4 Å². The molecule has 4 aromatic rings. The van der Waals surface area contributed by atoms with Crippen LogP contribution in [0.4, 0.5) is 0 Å². The molecular weight excluding hydrogens is 418 g/mol. The van der Waals surface area contributed by atoms with Crippen LogP contribution in [0, 0.1) is 18.3 Å². The van der Waals surface area contributed by atoms with Crippen LogP contribution in [0.3, 0.4) is 0 Å². The lowest BCUT2D eigenvalue weighted by Gasteiger charge is -2.09. The van der Waals surface area contributed by atoms with Gasteiger partial charge in [-0.2, -0.15) is 5.26 Å². The molecule has 2 aromatic heterocycles. The Bertz CT molecular complexity index is 1310. The Morgan fingerprint density at radius 2 is 1.88 bits per heavy atom. The maximum Gasteiger partial charge on any atom is 0.330 e. The maximum absolute atomic E-state index is 11.9. The minimum Gasteiger partial charge on any atom is -0.463 e. The standard InChI is InChI=1S/C26H21N3O2S/c1-3-31-25(30)13-12-24-26(21-6-4-19(16-27)5-7-21)23(17-32-24)20-8-10-22(11-9-20)29-15-14-28-18(29)2/h4-15,17H,3H2,1-2H3. The van der Waals surface area contributed by atoms with Crippen molar-refractivity contribution in [1.29, 1.82) is 5.26 Å². The number of nitriles is 1. The zero-order valence-electron chi connectivity index (χ0n) is 17.8. The number of esters is 1. The first-order valence-electron chi connectivity index (χ1n) is 10.2. The Hall–Kier alpha value is -3.95. The van der Waals surface area contributed by atoms with Crippen molar-refractivity contribution in [1.82, 2.24) is 9.55 Å². The van der Waals surface area contributed by atoms with E-state index < -0.39 is 0 Å². The molecule has 0 bridgehead atoms. The molecule has 0 aliphatic rings. The monoisotopic (exact) mass is 439 g/mol. The molecule has 0 atom stereocenters. The average molecular weight is 440 g/mol. The largest absolute Gasteiger partial charge is 0.463 e. The van der Waals surface area contributed by atoms with Gasteiger partial charge in [-0.1, -0.05) is 24.3 Å². The number of aromatic nitrogens is 2. The van der Waals surface area contributed by atoms with E-state index in [-0.39, 0.29) is 5.97 Å². The summed E-state index contributed by atoms with van der Waals surface area (Å²) in [5, 5.41) is 11.2. The zero-order valence-corrected chi connectivity index (χ0v) is 18.6. The molecule has 158 valence electrons. The molecule has 5 nitrogen and oxygen atoms in total. The summed E-state index contributed by atoms with van der Waals surface area (Å²) in [5.41, 5.74) is 5.79. The highest BCUT2D eigenvalue weighted by molar-refractivity contribution is 7.12. The number of aryl methyl sites for hydroxylation is 1. The second-order valence-electron chi connectivity index (χ2n) is 7.05. The second-order valence-corrected chi connectivity index (χ2v) is 7.97. The summed E-state index contributed by atoms with van der Waals surface area (Å²) in [5.74, 6) is 0.561. The van der Waals surface area contributed by atoms with Crippen LogP contribution in [0.5, 0.6) is 0 Å². The van der Waals surface area contributed by atoms with Gasteiger partial charge in [-0.3, -0.25) is 0 Å². The minimum absolute atomic E-state index is 0.337. The normalized spacial score (nSPS) is 10.9. The van der Waals surface area contributed by atoms with Crippen LogP contribution in [-0.4, -0.2) is 22.1 Å². The third-order valence-electron chi connectivity index (χ3n) is 5.06. The Morgan fingerprint density at radius 1 is 1.16 bits per heavy atom. The molecule has 0 radical (unpaired) electrons. The number of benzene rings is 2. The van der Waals surface area contributed by atoms with Crippen molar-refractivity contribution in [2.24, 2.45) is 0 Å². The van der Waals surface area contributed by atoms with Gasteiger partial charge >= 0.3 is 5.97 Å². The van der Waals surface area contributed by atoms with E-state index >= 15 is 0 Å². The molecule has 2 aromatic carbocycles. The van der Waals surface area contributed by atoms with Gasteiger partial charge in [-0.25, -0.2) is 9.78 Å². The average Bonchev–Trinajstić information content (AvgIpc) is 3.44. The lowest BCUT2D eigenvalue weighted by Crippen LogP contribution is -1.98. The van der Waals surface area contributed by atoms with Gasteiger partial charge in [0.05, 0.1) is 18.2 Å². The van der Waals surface area contributed by atoms with Crippen molar-refractivity contribution in [3.05, 3.63) is 88.6 Å². The van der Waals surface area contributed by atoms with E-state index in [9.17, 15) is 4.79 Å². The Morgan fingerprint density at radius 3 is 2.50 bits per heavy atom. The fraction of sp³-hybridized carbons (Fsp3) is 0.115. The summed E-state index contributed by atoms with van der Waals surface area (Å²) >= 11 is 1.57. The Labute approximate surface area is 190 Å². The van der Waals surface area contributed by atoms with Gasteiger partial charge in [0.1, 0.15) is 5.82 Å². The fourth-order valence-corrected chi connectivity index (χ4v) is 4.49. The number of thiophene rings is 1. The number of imidazole rings is 1. The molecule has 4 rings (SSSR count). The van der Waals surface area contributed by atoms with Crippen LogP contribution in [0.25, 0.3) is 34.0 Å². The molecule has 0 aliphatic carbocycles. The molecule has 6 heteroatoms. The van der Waals surface area contributed by atoms with E-state index in [4.69, 9.17) is 10.00 Å². The number of ether oxygens (including phenoxy) is 1. The van der Waals surface area contributed by atoms with Gasteiger partial charge < -0.3 is 9.30 Å². The van der Waals surface area contributed by atoms with Gasteiger partial charge in [0.2, 0.25) is 0 Å². The third kappa shape index (κ3) is 4.39. The smallest absolute Gasteiger partial charge is 0.330 e. The topological polar surface area (TPSA) is 67.9 Å². The van der Waals surface area contributed by atoms with E-state index in [1.54, 1.807) is 42.7 Å². The van der Waals surface area contributed by atoms with Crippen LogP contribution >= 0.6 is 11.3 Å². The van der Waals surface area contributed by atoms with Crippen LogP contribution in [0.15, 0.2) is 72.4 Å². The Kier molecular flexibility index (Phi) is 6.29. The fourth-order valence-electron chi connectivity index (χ4n) is 3.50. The van der Waals surface area contributed by atoms with Gasteiger partial charge in [0, 0.05) is 40.2 Å². The first kappa shape index (κ1) is 21.3. The molecule has 0 saturated carbocycles. The molecule has 0 saturated heterocycles. The number of carbonyl (C=O) groups excluding carboxylic acids is 1. The van der Waals surface area contributed by atoms with Gasteiger partial charge in [-0.05, 0) is 60.7 Å². The van der Waals surface area contributed by atoms with Crippen LogP contribution in [-0.2, 0) is 9.53 Å². The first-order valence-corrected chi connectivity index (χ1v) is 11.1. The van der Waals surface area contributed by atoms with Crippen molar-refractivity contribution in [2.75, 3.05) is 6.61 Å². The van der Waals surface area contributed by atoms with Gasteiger partial charge in [-0.15, -0.1) is 11.3 Å². The van der Waals surface area contributed by atoms with E-state index in [1.807, 2.05) is 29.8 Å². The highest BCUT2D eigenvalue weighted by atomic mass is 32.1. The van der Waals surface area contributed by atoms with E-state index in [2.05, 4.69) is 40.7 Å². The predicted molar refractivity (Wildman–Crippen MR) is 127 cm³/mol. The van der Waals surface area contributed by atoms with E-state index in [0.29, 0.717) is 12.2 Å². The third-order valence-corrected chi connectivity index (χ3v) is 6.01. The predicted octanol–water partition coefficient (Wildman–Crippen LogP) is 6.02. The minimum atomic E-state index is -0.367. The highest BCUT2D eigenvalue weighted by Crippen LogP contribution is 2.40. The zero-order chi connectivity index (χ0) is 22.5. The summed E-state index contributed by atoms with van der Waals surface area (Å²) in [6.07, 6.45) is 6.97. The van der Waals surface area contributed by atoms with E-state index in [1.165, 1.54) is 6.08 Å². The quantitative estimate of drug-likeness (QED) is 0.272. The molecular formula is C26H21N3O2S. The summed E-state index contributed by atoms with van der Waals surface area (Å²) in [7, 11) is 0. The summed E-state index contributed by atoms with van der Waals surface area (Å²) < 4.78 is 7.06. The maximum atomic E-state index is 11.9.